The SMILES string of the molecule is C[C@H]1O[C@@H](n2cc(O)c(N)nc2=O)C[C@H]1O. The van der Waals surface area contributed by atoms with Crippen molar-refractivity contribution in [3.63, 3.8) is 0 Å². The molecular formula is C9H13N3O4. The number of nitrogen functional groups attached to an aromatic ring is 1. The number of rotatable bonds is 1. The third-order valence-electron chi connectivity index (χ3n) is 2.63. The Labute approximate surface area is 91.1 Å². The number of aromatic hydroxyl groups is 1. The zero-order chi connectivity index (χ0) is 11.9. The van der Waals surface area contributed by atoms with Crippen molar-refractivity contribution in [2.45, 2.75) is 31.8 Å². The van der Waals surface area contributed by atoms with E-state index in [0.717, 1.165) is 4.57 Å². The lowest BCUT2D eigenvalue weighted by molar-refractivity contribution is -0.0103. The van der Waals surface area contributed by atoms with Crippen LogP contribution in [0.25, 0.3) is 0 Å². The average Bonchev–Trinajstić information content (AvgIpc) is 2.53. The van der Waals surface area contributed by atoms with E-state index >= 15 is 0 Å². The van der Waals surface area contributed by atoms with Crippen LogP contribution in [0.15, 0.2) is 11.0 Å². The van der Waals surface area contributed by atoms with Crippen molar-refractivity contribution in [3.05, 3.63) is 16.7 Å². The molecule has 0 unspecified atom stereocenters. The normalized spacial score (nSPS) is 29.5. The van der Waals surface area contributed by atoms with Crippen molar-refractivity contribution in [1.82, 2.24) is 9.55 Å². The first-order chi connectivity index (χ1) is 7.49. The highest BCUT2D eigenvalue weighted by molar-refractivity contribution is 5.41. The third-order valence-corrected chi connectivity index (χ3v) is 2.63. The van der Waals surface area contributed by atoms with Crippen LogP contribution >= 0.6 is 0 Å². The lowest BCUT2D eigenvalue weighted by atomic mass is 10.2. The summed E-state index contributed by atoms with van der Waals surface area (Å²) >= 11 is 0. The van der Waals surface area contributed by atoms with Gasteiger partial charge in [0.05, 0.1) is 18.4 Å². The highest BCUT2D eigenvalue weighted by Crippen LogP contribution is 2.28. The Morgan fingerprint density at radius 3 is 2.94 bits per heavy atom. The van der Waals surface area contributed by atoms with Gasteiger partial charge in [-0.25, -0.2) is 4.79 Å². The van der Waals surface area contributed by atoms with E-state index in [2.05, 4.69) is 4.98 Å². The number of nitrogens with two attached hydrogens (primary N) is 1. The Morgan fingerprint density at radius 2 is 2.38 bits per heavy atom. The Morgan fingerprint density at radius 1 is 1.69 bits per heavy atom. The summed E-state index contributed by atoms with van der Waals surface area (Å²) in [6.45, 7) is 1.71. The van der Waals surface area contributed by atoms with Crippen LogP contribution in [0.2, 0.25) is 0 Å². The van der Waals surface area contributed by atoms with Crippen molar-refractivity contribution in [2.24, 2.45) is 0 Å². The number of hydrogen-bond donors (Lipinski definition) is 3. The molecule has 0 aliphatic carbocycles. The van der Waals surface area contributed by atoms with E-state index in [1.807, 2.05) is 0 Å². The molecule has 0 saturated carbocycles. The minimum atomic E-state index is -0.628. The Kier molecular flexibility index (Phi) is 2.56. The summed E-state index contributed by atoms with van der Waals surface area (Å²) in [6, 6.07) is 0. The number of aromatic nitrogens is 2. The Hall–Kier alpha value is -1.60. The van der Waals surface area contributed by atoms with Crippen LogP contribution in [0.5, 0.6) is 5.75 Å². The van der Waals surface area contributed by atoms with Gasteiger partial charge in [-0.15, -0.1) is 0 Å². The number of hydrogen-bond acceptors (Lipinski definition) is 6. The highest BCUT2D eigenvalue weighted by Gasteiger charge is 2.32. The van der Waals surface area contributed by atoms with Gasteiger partial charge in [-0.05, 0) is 6.92 Å². The van der Waals surface area contributed by atoms with Gasteiger partial charge in [-0.1, -0.05) is 0 Å². The van der Waals surface area contributed by atoms with Gasteiger partial charge in [0.25, 0.3) is 0 Å². The van der Waals surface area contributed by atoms with E-state index in [0.29, 0.717) is 0 Å². The van der Waals surface area contributed by atoms with Gasteiger partial charge in [0, 0.05) is 6.42 Å². The van der Waals surface area contributed by atoms with Crippen molar-refractivity contribution < 1.29 is 14.9 Å². The smallest absolute Gasteiger partial charge is 0.351 e. The van der Waals surface area contributed by atoms with Crippen LogP contribution < -0.4 is 11.4 Å². The van der Waals surface area contributed by atoms with Crippen molar-refractivity contribution in [1.29, 1.82) is 0 Å². The summed E-state index contributed by atoms with van der Waals surface area (Å²) in [5, 5.41) is 18.8. The molecule has 0 radical (unpaired) electrons. The quantitative estimate of drug-likeness (QED) is 0.579. The second kappa shape index (κ2) is 3.76. The highest BCUT2D eigenvalue weighted by atomic mass is 16.5. The Bertz CT molecular complexity index is 449. The molecule has 2 rings (SSSR count). The van der Waals surface area contributed by atoms with Crippen molar-refractivity contribution in [3.8, 4) is 5.75 Å². The minimum absolute atomic E-state index is 0.215. The fourth-order valence-electron chi connectivity index (χ4n) is 1.65. The molecule has 0 spiro atoms. The minimum Gasteiger partial charge on any atom is -0.503 e. The molecule has 88 valence electrons. The molecule has 1 aromatic heterocycles. The van der Waals surface area contributed by atoms with Gasteiger partial charge in [-0.3, -0.25) is 4.57 Å². The predicted octanol–water partition coefficient (Wildman–Crippen LogP) is -0.801. The monoisotopic (exact) mass is 227 g/mol. The molecule has 4 N–H and O–H groups in total. The molecule has 1 aliphatic heterocycles. The summed E-state index contributed by atoms with van der Waals surface area (Å²) in [4.78, 5) is 14.9. The van der Waals surface area contributed by atoms with E-state index < -0.39 is 18.0 Å². The van der Waals surface area contributed by atoms with E-state index in [1.165, 1.54) is 6.20 Å². The number of aliphatic hydroxyl groups is 1. The predicted molar refractivity (Wildman–Crippen MR) is 54.8 cm³/mol. The number of aliphatic hydroxyl groups excluding tert-OH is 1. The first-order valence-electron chi connectivity index (χ1n) is 4.90. The zero-order valence-corrected chi connectivity index (χ0v) is 8.70. The number of ether oxygens (including phenoxy) is 1. The van der Waals surface area contributed by atoms with Crippen LogP contribution in [0.3, 0.4) is 0 Å². The second-order valence-corrected chi connectivity index (χ2v) is 3.80. The molecule has 7 heteroatoms. The van der Waals surface area contributed by atoms with E-state index in [4.69, 9.17) is 10.5 Å². The first-order valence-corrected chi connectivity index (χ1v) is 4.90. The molecule has 0 aromatic carbocycles. The summed E-state index contributed by atoms with van der Waals surface area (Å²) in [6.07, 6.45) is -0.142. The molecular weight excluding hydrogens is 214 g/mol. The summed E-state index contributed by atoms with van der Waals surface area (Å²) in [5.41, 5.74) is 4.67. The van der Waals surface area contributed by atoms with Crippen LogP contribution in [-0.4, -0.2) is 32.0 Å². The lowest BCUT2D eigenvalue weighted by Crippen LogP contribution is -2.27. The van der Waals surface area contributed by atoms with E-state index in [9.17, 15) is 15.0 Å². The second-order valence-electron chi connectivity index (χ2n) is 3.80. The molecule has 1 saturated heterocycles. The van der Waals surface area contributed by atoms with Gasteiger partial charge in [-0.2, -0.15) is 4.98 Å². The maximum absolute atomic E-state index is 11.5. The van der Waals surface area contributed by atoms with Gasteiger partial charge in [0.1, 0.15) is 6.23 Å². The summed E-state index contributed by atoms with van der Waals surface area (Å²) < 4.78 is 6.48. The van der Waals surface area contributed by atoms with Gasteiger partial charge in [0.2, 0.25) is 0 Å². The standard InChI is InChI=1S/C9H13N3O4/c1-4-5(13)2-7(16-4)12-3-6(14)8(10)11-9(12)15/h3-5,7,13-14H,2H2,1H3,(H2,10,11,15)/t4-,5-,7-/m1/s1. The fraction of sp³-hybridized carbons (Fsp3) is 0.556. The van der Waals surface area contributed by atoms with Crippen LogP contribution in [-0.2, 0) is 4.74 Å². The van der Waals surface area contributed by atoms with Gasteiger partial charge >= 0.3 is 5.69 Å². The first kappa shape index (κ1) is 10.9. The summed E-state index contributed by atoms with van der Waals surface area (Å²) in [7, 11) is 0. The third kappa shape index (κ3) is 1.74. The summed E-state index contributed by atoms with van der Waals surface area (Å²) in [5.74, 6) is -0.495. The lowest BCUT2D eigenvalue weighted by Gasteiger charge is -2.13. The molecule has 3 atom stereocenters. The Balaban J connectivity index is 2.35. The topological polar surface area (TPSA) is 111 Å². The van der Waals surface area contributed by atoms with E-state index in [-0.39, 0.29) is 24.1 Å². The molecule has 1 aliphatic rings. The molecule has 2 heterocycles. The fourth-order valence-corrected chi connectivity index (χ4v) is 1.65. The van der Waals surface area contributed by atoms with Crippen LogP contribution in [0, 0.1) is 0 Å². The van der Waals surface area contributed by atoms with Gasteiger partial charge < -0.3 is 20.7 Å². The molecule has 1 fully saturated rings. The van der Waals surface area contributed by atoms with Gasteiger partial charge in [0.15, 0.2) is 11.6 Å². The van der Waals surface area contributed by atoms with Crippen LogP contribution in [0.4, 0.5) is 5.82 Å². The van der Waals surface area contributed by atoms with Crippen molar-refractivity contribution >= 4 is 5.82 Å². The largest absolute Gasteiger partial charge is 0.503 e. The average molecular weight is 227 g/mol. The van der Waals surface area contributed by atoms with Crippen LogP contribution in [0.1, 0.15) is 19.6 Å². The maximum atomic E-state index is 11.5. The molecule has 7 nitrogen and oxygen atoms in total. The molecule has 0 amide bonds. The van der Waals surface area contributed by atoms with Crippen molar-refractivity contribution in [2.75, 3.05) is 5.73 Å². The number of anilines is 1. The molecule has 1 aromatic rings. The maximum Gasteiger partial charge on any atom is 0.351 e. The number of nitrogens with zero attached hydrogens (tertiary/aromatic N) is 2. The molecule has 16 heavy (non-hydrogen) atoms. The zero-order valence-electron chi connectivity index (χ0n) is 8.70. The molecule has 0 bridgehead atoms. The van der Waals surface area contributed by atoms with E-state index in [1.54, 1.807) is 6.92 Å².